The molecule has 108 valence electrons. The lowest BCUT2D eigenvalue weighted by Crippen LogP contribution is -2.65. The predicted octanol–water partition coefficient (Wildman–Crippen LogP) is 3.51. The van der Waals surface area contributed by atoms with Crippen molar-refractivity contribution in [2.75, 3.05) is 6.61 Å². The molecule has 1 saturated heterocycles. The van der Waals surface area contributed by atoms with E-state index in [2.05, 4.69) is 9.47 Å². The summed E-state index contributed by atoms with van der Waals surface area (Å²) in [5, 5.41) is 0. The van der Waals surface area contributed by atoms with Crippen molar-refractivity contribution in [3.8, 4) is 0 Å². The molecule has 1 fully saturated rings. The van der Waals surface area contributed by atoms with Gasteiger partial charge in [0, 0.05) is 5.92 Å². The van der Waals surface area contributed by atoms with E-state index < -0.39 is 36.8 Å². The van der Waals surface area contributed by atoms with Gasteiger partial charge in [-0.1, -0.05) is 13.8 Å². The summed E-state index contributed by atoms with van der Waals surface area (Å²) in [6.45, 7) is 3.92. The van der Waals surface area contributed by atoms with Crippen LogP contribution in [0.5, 0.6) is 0 Å². The first-order valence-electron chi connectivity index (χ1n) is 5.37. The summed E-state index contributed by atoms with van der Waals surface area (Å²) in [5.74, 6) is -5.16. The van der Waals surface area contributed by atoms with Crippen molar-refractivity contribution in [2.24, 2.45) is 11.8 Å². The average Bonchev–Trinajstić information content (AvgIpc) is 2.12. The van der Waals surface area contributed by atoms with Crippen LogP contribution in [0.25, 0.3) is 0 Å². The number of hydrogen-bond donors (Lipinski definition) is 0. The Morgan fingerprint density at radius 1 is 1.06 bits per heavy atom. The molecule has 0 saturated carbocycles. The van der Waals surface area contributed by atoms with Gasteiger partial charge in [-0.25, -0.2) is 0 Å². The average molecular weight is 280 g/mol. The Bertz CT molecular complexity index is 282. The van der Waals surface area contributed by atoms with Crippen LogP contribution in [-0.4, -0.2) is 30.9 Å². The third-order valence-electron chi connectivity index (χ3n) is 3.04. The van der Waals surface area contributed by atoms with Gasteiger partial charge >= 0.3 is 18.1 Å². The number of halogens is 6. The second-order valence-electron chi connectivity index (χ2n) is 4.65. The molecule has 1 heterocycles. The van der Waals surface area contributed by atoms with Crippen LogP contribution in [0.2, 0.25) is 0 Å². The van der Waals surface area contributed by atoms with Crippen LogP contribution < -0.4 is 0 Å². The molecule has 0 amide bonds. The molecule has 2 nitrogen and oxygen atoms in total. The molecule has 1 rings (SSSR count). The predicted molar refractivity (Wildman–Crippen MR) is 49.7 cm³/mol. The molecule has 0 spiro atoms. The van der Waals surface area contributed by atoms with E-state index in [9.17, 15) is 26.3 Å². The summed E-state index contributed by atoms with van der Waals surface area (Å²) in [7, 11) is 0. The van der Waals surface area contributed by atoms with Crippen molar-refractivity contribution in [2.45, 2.75) is 45.0 Å². The van der Waals surface area contributed by atoms with E-state index in [-0.39, 0.29) is 5.92 Å². The maximum atomic E-state index is 12.6. The van der Waals surface area contributed by atoms with Crippen LogP contribution in [0.4, 0.5) is 26.3 Å². The molecule has 8 heteroatoms. The molecule has 0 N–H and O–H groups in total. The highest BCUT2D eigenvalue weighted by Crippen LogP contribution is 2.50. The molecule has 0 bridgehead atoms. The topological polar surface area (TPSA) is 18.5 Å². The Kier molecular flexibility index (Phi) is 3.94. The van der Waals surface area contributed by atoms with Gasteiger partial charge in [0.05, 0.1) is 12.7 Å². The zero-order chi connectivity index (χ0) is 14.4. The van der Waals surface area contributed by atoms with E-state index in [1.54, 1.807) is 13.8 Å². The van der Waals surface area contributed by atoms with Crippen molar-refractivity contribution < 1.29 is 35.8 Å². The second kappa shape index (κ2) is 4.56. The second-order valence-corrected chi connectivity index (χ2v) is 4.65. The Labute approximate surface area is 100 Å². The fourth-order valence-corrected chi connectivity index (χ4v) is 1.92. The molecule has 0 aliphatic carbocycles. The molecule has 0 aromatic rings. The zero-order valence-corrected chi connectivity index (χ0v) is 10.0. The van der Waals surface area contributed by atoms with E-state index in [1.807, 2.05) is 0 Å². The molecule has 2 atom stereocenters. The standard InChI is InChI=1S/C10H14F6O2/c1-5(2)7-4-17-8(9(11,12)13,10(14,15)16)18-6(7)3/h5-7H,4H2,1-3H3. The van der Waals surface area contributed by atoms with Gasteiger partial charge in [0.25, 0.3) is 0 Å². The minimum atomic E-state index is -5.67. The first kappa shape index (κ1) is 15.6. The maximum Gasteiger partial charge on any atom is 0.453 e. The van der Waals surface area contributed by atoms with Crippen LogP contribution >= 0.6 is 0 Å². The zero-order valence-electron chi connectivity index (χ0n) is 10.0. The fourth-order valence-electron chi connectivity index (χ4n) is 1.92. The summed E-state index contributed by atoms with van der Waals surface area (Å²) in [6, 6.07) is 0. The number of alkyl halides is 6. The summed E-state index contributed by atoms with van der Waals surface area (Å²) >= 11 is 0. The summed E-state index contributed by atoms with van der Waals surface area (Å²) in [6.07, 6.45) is -12.5. The van der Waals surface area contributed by atoms with Gasteiger partial charge in [0.15, 0.2) is 0 Å². The molecule has 0 aromatic heterocycles. The highest BCUT2D eigenvalue weighted by molar-refractivity contribution is 4.92. The quantitative estimate of drug-likeness (QED) is 0.684. The Morgan fingerprint density at radius 2 is 1.50 bits per heavy atom. The molecular weight excluding hydrogens is 266 g/mol. The van der Waals surface area contributed by atoms with Gasteiger partial charge in [-0.05, 0) is 12.8 Å². The van der Waals surface area contributed by atoms with Gasteiger partial charge in [0.2, 0.25) is 0 Å². The fraction of sp³-hybridized carbons (Fsp3) is 1.00. The summed E-state index contributed by atoms with van der Waals surface area (Å²) in [5.41, 5.74) is 0. The van der Waals surface area contributed by atoms with Crippen molar-refractivity contribution in [1.29, 1.82) is 0 Å². The third-order valence-corrected chi connectivity index (χ3v) is 3.04. The molecule has 0 aromatic carbocycles. The van der Waals surface area contributed by atoms with E-state index in [0.717, 1.165) is 0 Å². The number of hydrogen-bond acceptors (Lipinski definition) is 2. The number of ether oxygens (including phenoxy) is 2. The molecular formula is C10H14F6O2. The highest BCUT2D eigenvalue weighted by Gasteiger charge is 2.76. The van der Waals surface area contributed by atoms with Crippen LogP contribution in [0, 0.1) is 11.8 Å². The van der Waals surface area contributed by atoms with Gasteiger partial charge in [-0.3, -0.25) is 0 Å². The van der Waals surface area contributed by atoms with Gasteiger partial charge in [-0.2, -0.15) is 26.3 Å². The van der Waals surface area contributed by atoms with Gasteiger partial charge in [0.1, 0.15) is 0 Å². The van der Waals surface area contributed by atoms with Crippen LogP contribution in [0.15, 0.2) is 0 Å². The summed E-state index contributed by atoms with van der Waals surface area (Å²) < 4.78 is 84.0. The van der Waals surface area contributed by atoms with Crippen molar-refractivity contribution in [1.82, 2.24) is 0 Å². The highest BCUT2D eigenvalue weighted by atomic mass is 19.4. The van der Waals surface area contributed by atoms with Crippen molar-refractivity contribution >= 4 is 0 Å². The van der Waals surface area contributed by atoms with Crippen LogP contribution in [0.1, 0.15) is 20.8 Å². The minimum absolute atomic E-state index is 0.139. The van der Waals surface area contributed by atoms with Crippen molar-refractivity contribution in [3.63, 3.8) is 0 Å². The first-order valence-corrected chi connectivity index (χ1v) is 5.37. The smallest absolute Gasteiger partial charge is 0.335 e. The van der Waals surface area contributed by atoms with E-state index in [4.69, 9.17) is 0 Å². The Hall–Kier alpha value is -0.500. The maximum absolute atomic E-state index is 12.6. The first-order chi connectivity index (χ1) is 7.92. The Balaban J connectivity index is 3.06. The monoisotopic (exact) mass is 280 g/mol. The largest absolute Gasteiger partial charge is 0.453 e. The van der Waals surface area contributed by atoms with Crippen molar-refractivity contribution in [3.05, 3.63) is 0 Å². The lowest BCUT2D eigenvalue weighted by Gasteiger charge is -2.45. The van der Waals surface area contributed by atoms with E-state index in [0.29, 0.717) is 0 Å². The normalized spacial score (nSPS) is 29.7. The minimum Gasteiger partial charge on any atom is -0.335 e. The van der Waals surface area contributed by atoms with E-state index in [1.165, 1.54) is 6.92 Å². The molecule has 1 aliphatic rings. The Morgan fingerprint density at radius 3 is 1.78 bits per heavy atom. The van der Waals surface area contributed by atoms with E-state index >= 15 is 0 Å². The molecule has 0 radical (unpaired) electrons. The SMILES string of the molecule is CC(C)C1COC(C(F)(F)F)(C(F)(F)F)OC1C. The summed E-state index contributed by atoms with van der Waals surface area (Å²) in [4.78, 5) is 0. The third kappa shape index (κ3) is 2.45. The molecule has 1 aliphatic heterocycles. The lowest BCUT2D eigenvalue weighted by atomic mass is 9.90. The van der Waals surface area contributed by atoms with Gasteiger partial charge in [-0.15, -0.1) is 0 Å². The molecule has 2 unspecified atom stereocenters. The molecule has 18 heavy (non-hydrogen) atoms. The number of rotatable bonds is 1. The van der Waals surface area contributed by atoms with Gasteiger partial charge < -0.3 is 9.47 Å². The lowest BCUT2D eigenvalue weighted by molar-refractivity contribution is -0.496. The van der Waals surface area contributed by atoms with Crippen LogP contribution in [-0.2, 0) is 9.47 Å². The van der Waals surface area contributed by atoms with Crippen LogP contribution in [0.3, 0.4) is 0 Å².